The van der Waals surface area contributed by atoms with Crippen molar-refractivity contribution >= 4 is 0 Å². The first-order chi connectivity index (χ1) is 12.2. The Balaban J connectivity index is 1.43. The van der Waals surface area contributed by atoms with Crippen LogP contribution in [0.3, 0.4) is 0 Å². The third-order valence-corrected chi connectivity index (χ3v) is 4.30. The number of ether oxygens (including phenoxy) is 2. The van der Waals surface area contributed by atoms with E-state index in [1.807, 2.05) is 19.1 Å². The summed E-state index contributed by atoms with van der Waals surface area (Å²) in [5.41, 5.74) is 2.48. The molecule has 0 unspecified atom stereocenters. The highest BCUT2D eigenvalue weighted by Gasteiger charge is 2.40. The number of aromatic amines is 1. The molecule has 4 rings (SSSR count). The molecule has 0 bridgehead atoms. The van der Waals surface area contributed by atoms with Crippen LogP contribution in [0.25, 0.3) is 11.3 Å². The first-order valence-corrected chi connectivity index (χ1v) is 8.08. The van der Waals surface area contributed by atoms with Crippen LogP contribution in [0.5, 0.6) is 11.6 Å². The van der Waals surface area contributed by atoms with Crippen LogP contribution in [0.15, 0.2) is 30.7 Å². The third kappa shape index (κ3) is 3.28. The van der Waals surface area contributed by atoms with Gasteiger partial charge in [-0.1, -0.05) is 5.21 Å². The lowest BCUT2D eigenvalue weighted by atomic mass is 10.2. The van der Waals surface area contributed by atoms with Crippen LogP contribution < -0.4 is 9.47 Å². The molecule has 0 aromatic carbocycles. The molecule has 3 aromatic rings. The molecular formula is C17H18N6O2. The molecule has 0 amide bonds. The molecule has 1 aliphatic carbocycles. The summed E-state index contributed by atoms with van der Waals surface area (Å²) in [6.45, 7) is 2.42. The number of pyridine rings is 1. The van der Waals surface area contributed by atoms with Crippen LogP contribution in [0.1, 0.15) is 23.9 Å². The van der Waals surface area contributed by atoms with E-state index in [4.69, 9.17) is 9.47 Å². The normalized spacial score (nSPS) is 18.8. The summed E-state index contributed by atoms with van der Waals surface area (Å²) in [4.78, 5) is 13.1. The highest BCUT2D eigenvalue weighted by molar-refractivity contribution is 5.62. The quantitative estimate of drug-likeness (QED) is 0.735. The number of hydrogen-bond donors (Lipinski definition) is 1. The molecule has 3 heterocycles. The maximum Gasteiger partial charge on any atom is 0.226 e. The van der Waals surface area contributed by atoms with Gasteiger partial charge in [0.05, 0.1) is 31.7 Å². The minimum Gasteiger partial charge on any atom is -0.495 e. The van der Waals surface area contributed by atoms with E-state index in [0.29, 0.717) is 35.8 Å². The van der Waals surface area contributed by atoms with Crippen LogP contribution >= 0.6 is 0 Å². The monoisotopic (exact) mass is 338 g/mol. The number of nitrogens with one attached hydrogen (secondary N) is 1. The third-order valence-electron chi connectivity index (χ3n) is 4.30. The smallest absolute Gasteiger partial charge is 0.226 e. The van der Waals surface area contributed by atoms with Crippen molar-refractivity contribution in [3.63, 3.8) is 0 Å². The van der Waals surface area contributed by atoms with Gasteiger partial charge in [0.2, 0.25) is 5.88 Å². The van der Waals surface area contributed by atoms with Crippen molar-refractivity contribution < 1.29 is 9.47 Å². The summed E-state index contributed by atoms with van der Waals surface area (Å²) in [5.74, 6) is 2.82. The van der Waals surface area contributed by atoms with Gasteiger partial charge in [-0.25, -0.2) is 4.98 Å². The SMILES string of the molecule is COc1ccc([C@H]2C[C@@H]2COc2nc(C)ncc2-c2c[nH]nn2)nc1. The molecule has 8 nitrogen and oxygen atoms in total. The van der Waals surface area contributed by atoms with E-state index in [9.17, 15) is 0 Å². The van der Waals surface area contributed by atoms with E-state index in [2.05, 4.69) is 30.4 Å². The number of aryl methyl sites for hydroxylation is 1. The van der Waals surface area contributed by atoms with Crippen LogP contribution in [-0.4, -0.2) is 44.1 Å². The van der Waals surface area contributed by atoms with E-state index >= 15 is 0 Å². The number of H-pyrrole nitrogens is 1. The van der Waals surface area contributed by atoms with Gasteiger partial charge >= 0.3 is 0 Å². The second-order valence-corrected chi connectivity index (χ2v) is 6.03. The number of aromatic nitrogens is 6. The molecule has 25 heavy (non-hydrogen) atoms. The Bertz CT molecular complexity index is 850. The fourth-order valence-electron chi connectivity index (χ4n) is 2.78. The summed E-state index contributed by atoms with van der Waals surface area (Å²) in [6.07, 6.45) is 6.22. The van der Waals surface area contributed by atoms with E-state index in [1.165, 1.54) is 0 Å². The molecule has 0 spiro atoms. The van der Waals surface area contributed by atoms with Gasteiger partial charge in [0.1, 0.15) is 17.3 Å². The summed E-state index contributed by atoms with van der Waals surface area (Å²) in [6, 6.07) is 3.95. The van der Waals surface area contributed by atoms with E-state index in [0.717, 1.165) is 23.4 Å². The lowest BCUT2D eigenvalue weighted by Crippen LogP contribution is -2.05. The number of nitrogens with zero attached hydrogens (tertiary/aromatic N) is 5. The zero-order valence-electron chi connectivity index (χ0n) is 14.0. The minimum atomic E-state index is 0.421. The molecule has 1 fully saturated rings. The maximum atomic E-state index is 5.98. The van der Waals surface area contributed by atoms with Crippen molar-refractivity contribution in [2.45, 2.75) is 19.3 Å². The Hall–Kier alpha value is -3.03. The van der Waals surface area contributed by atoms with Crippen LogP contribution in [0.2, 0.25) is 0 Å². The van der Waals surface area contributed by atoms with Gasteiger partial charge in [-0.05, 0) is 25.5 Å². The Morgan fingerprint density at radius 2 is 2.16 bits per heavy atom. The molecule has 1 N–H and O–H groups in total. The minimum absolute atomic E-state index is 0.421. The van der Waals surface area contributed by atoms with E-state index in [1.54, 1.807) is 25.7 Å². The predicted molar refractivity (Wildman–Crippen MR) is 89.3 cm³/mol. The van der Waals surface area contributed by atoms with Crippen LogP contribution in [0, 0.1) is 12.8 Å². The Morgan fingerprint density at radius 1 is 1.24 bits per heavy atom. The molecule has 1 aliphatic rings. The largest absolute Gasteiger partial charge is 0.495 e. The average molecular weight is 338 g/mol. The zero-order chi connectivity index (χ0) is 17.2. The molecule has 3 aromatic heterocycles. The van der Waals surface area contributed by atoms with Crippen molar-refractivity contribution in [2.75, 3.05) is 13.7 Å². The highest BCUT2D eigenvalue weighted by Crippen LogP contribution is 2.47. The Morgan fingerprint density at radius 3 is 2.88 bits per heavy atom. The Kier molecular flexibility index (Phi) is 4.01. The number of rotatable bonds is 6. The molecule has 8 heteroatoms. The van der Waals surface area contributed by atoms with Gasteiger partial charge in [0.15, 0.2) is 0 Å². The topological polar surface area (TPSA) is 98.7 Å². The van der Waals surface area contributed by atoms with Gasteiger partial charge in [0.25, 0.3) is 0 Å². The number of methoxy groups -OCH3 is 1. The van der Waals surface area contributed by atoms with Crippen LogP contribution in [-0.2, 0) is 0 Å². The first-order valence-electron chi connectivity index (χ1n) is 8.08. The van der Waals surface area contributed by atoms with Gasteiger partial charge < -0.3 is 9.47 Å². The zero-order valence-corrected chi connectivity index (χ0v) is 14.0. The van der Waals surface area contributed by atoms with Gasteiger partial charge in [-0.2, -0.15) is 4.98 Å². The standard InChI is InChI=1S/C17H18N6O2/c1-10-18-7-14(16-8-20-23-22-16)17(21-10)25-9-11-5-13(11)15-4-3-12(24-2)6-19-15/h3-4,6-8,11,13H,5,9H2,1-2H3,(H,20,22,23)/t11-,13+/m1/s1. The fourth-order valence-corrected chi connectivity index (χ4v) is 2.78. The molecule has 0 aliphatic heterocycles. The van der Waals surface area contributed by atoms with Gasteiger partial charge in [0, 0.05) is 23.7 Å². The summed E-state index contributed by atoms with van der Waals surface area (Å²) in [7, 11) is 1.64. The fraction of sp³-hybridized carbons (Fsp3) is 0.353. The summed E-state index contributed by atoms with van der Waals surface area (Å²) < 4.78 is 11.1. The molecule has 0 saturated heterocycles. The van der Waals surface area contributed by atoms with Gasteiger partial charge in [-0.3, -0.25) is 10.1 Å². The number of hydrogen-bond acceptors (Lipinski definition) is 7. The molecule has 0 radical (unpaired) electrons. The van der Waals surface area contributed by atoms with Crippen molar-refractivity contribution in [2.24, 2.45) is 5.92 Å². The van der Waals surface area contributed by atoms with Crippen LogP contribution in [0.4, 0.5) is 0 Å². The molecule has 128 valence electrons. The highest BCUT2D eigenvalue weighted by atomic mass is 16.5. The summed E-state index contributed by atoms with van der Waals surface area (Å²) in [5, 5.41) is 10.4. The van der Waals surface area contributed by atoms with Crippen molar-refractivity contribution in [1.29, 1.82) is 0 Å². The lowest BCUT2D eigenvalue weighted by Gasteiger charge is -2.09. The van der Waals surface area contributed by atoms with Crippen molar-refractivity contribution in [3.05, 3.63) is 42.2 Å². The maximum absolute atomic E-state index is 5.98. The predicted octanol–water partition coefficient (Wildman–Crippen LogP) is 2.16. The second-order valence-electron chi connectivity index (χ2n) is 6.03. The molecule has 1 saturated carbocycles. The first kappa shape index (κ1) is 15.5. The van der Waals surface area contributed by atoms with E-state index in [-0.39, 0.29) is 0 Å². The molecule has 2 atom stereocenters. The second kappa shape index (κ2) is 6.46. The van der Waals surface area contributed by atoms with Gasteiger partial charge in [-0.15, -0.1) is 5.10 Å². The van der Waals surface area contributed by atoms with E-state index < -0.39 is 0 Å². The lowest BCUT2D eigenvalue weighted by molar-refractivity contribution is 0.285. The Labute approximate surface area is 144 Å². The summed E-state index contributed by atoms with van der Waals surface area (Å²) >= 11 is 0. The van der Waals surface area contributed by atoms with Crippen molar-refractivity contribution in [3.8, 4) is 22.9 Å². The molecular weight excluding hydrogens is 320 g/mol. The van der Waals surface area contributed by atoms with Crippen molar-refractivity contribution in [1.82, 2.24) is 30.4 Å². The average Bonchev–Trinajstić information content (AvgIpc) is 3.21.